The second-order valence-electron chi connectivity index (χ2n) is 7.57. The summed E-state index contributed by atoms with van der Waals surface area (Å²) >= 11 is 0. The number of aryl methyl sites for hydroxylation is 1. The van der Waals surface area contributed by atoms with Crippen LogP contribution in [0.1, 0.15) is 22.3 Å². The first-order valence-corrected chi connectivity index (χ1v) is 11.5. The molecule has 1 aliphatic heterocycles. The molecule has 5 nitrogen and oxygen atoms in total. The van der Waals surface area contributed by atoms with E-state index in [9.17, 15) is 21.6 Å². The number of fused-ring (bicyclic) bond motifs is 3. The van der Waals surface area contributed by atoms with E-state index in [2.05, 4.69) is 4.72 Å². The molecule has 1 N–H and O–H groups in total. The Kier molecular flexibility index (Phi) is 5.21. The minimum absolute atomic E-state index is 0.00164. The van der Waals surface area contributed by atoms with E-state index < -0.39 is 27.5 Å². The third-order valence-electron chi connectivity index (χ3n) is 5.29. The maximum Gasteiger partial charge on any atom is 0.416 e. The molecule has 0 saturated heterocycles. The van der Waals surface area contributed by atoms with Crippen LogP contribution in [0.5, 0.6) is 11.5 Å². The highest BCUT2D eigenvalue weighted by Crippen LogP contribution is 2.52. The first-order chi connectivity index (χ1) is 15.0. The van der Waals surface area contributed by atoms with Gasteiger partial charge in [0.15, 0.2) is 0 Å². The highest BCUT2D eigenvalue weighted by atomic mass is 32.2. The zero-order valence-electron chi connectivity index (χ0n) is 17.4. The van der Waals surface area contributed by atoms with Crippen molar-refractivity contribution in [2.24, 2.45) is 0 Å². The van der Waals surface area contributed by atoms with Crippen LogP contribution in [-0.2, 0) is 21.9 Å². The van der Waals surface area contributed by atoms with Gasteiger partial charge in [0.1, 0.15) is 11.5 Å². The summed E-state index contributed by atoms with van der Waals surface area (Å²) in [7, 11) is -2.45. The van der Waals surface area contributed by atoms with Gasteiger partial charge < -0.3 is 9.47 Å². The molecule has 0 aliphatic carbocycles. The summed E-state index contributed by atoms with van der Waals surface area (Å²) in [5.41, 5.74) is -0.630. The van der Waals surface area contributed by atoms with Gasteiger partial charge in [0.2, 0.25) is 15.7 Å². The minimum Gasteiger partial charge on any atom is -0.496 e. The SMILES string of the molecule is COc1cccc2c1-c1cccc(C)c1C(NS(C)(=O)=O)(c1cccc(C(F)(F)F)c1)O2. The van der Waals surface area contributed by atoms with Gasteiger partial charge in [0.05, 0.1) is 24.5 Å². The van der Waals surface area contributed by atoms with Gasteiger partial charge in [-0.15, -0.1) is 0 Å². The van der Waals surface area contributed by atoms with Crippen LogP contribution in [0.15, 0.2) is 60.7 Å². The number of rotatable bonds is 4. The molecule has 1 aliphatic rings. The molecule has 0 radical (unpaired) electrons. The van der Waals surface area contributed by atoms with E-state index in [-0.39, 0.29) is 11.3 Å². The van der Waals surface area contributed by atoms with Gasteiger partial charge in [-0.2, -0.15) is 17.9 Å². The fourth-order valence-electron chi connectivity index (χ4n) is 4.10. The number of nitrogens with one attached hydrogen (secondary N) is 1. The van der Waals surface area contributed by atoms with E-state index in [1.165, 1.54) is 19.2 Å². The summed E-state index contributed by atoms with van der Waals surface area (Å²) in [5.74, 6) is 0.766. The standard InChI is InChI=1S/C23H20F3NO4S/c1-14-7-4-10-17-20-18(30-2)11-6-12-19(20)31-22(21(14)17,27-32(3,28)29)15-8-5-9-16(13-15)23(24,25)26/h4-13,27H,1-3H3. The van der Waals surface area contributed by atoms with Crippen molar-refractivity contribution in [3.8, 4) is 22.6 Å². The van der Waals surface area contributed by atoms with Crippen LogP contribution in [0.3, 0.4) is 0 Å². The first kappa shape index (κ1) is 22.2. The summed E-state index contributed by atoms with van der Waals surface area (Å²) in [6.07, 6.45) is -3.68. The van der Waals surface area contributed by atoms with Crippen LogP contribution >= 0.6 is 0 Å². The molecule has 3 aromatic carbocycles. The van der Waals surface area contributed by atoms with Gasteiger partial charge >= 0.3 is 6.18 Å². The van der Waals surface area contributed by atoms with Crippen LogP contribution in [-0.4, -0.2) is 21.8 Å². The minimum atomic E-state index is -4.62. The smallest absolute Gasteiger partial charge is 0.416 e. The maximum atomic E-state index is 13.5. The predicted octanol–water partition coefficient (Wildman–Crippen LogP) is 4.83. The van der Waals surface area contributed by atoms with Crippen molar-refractivity contribution >= 4 is 10.0 Å². The number of benzene rings is 3. The number of hydrogen-bond donors (Lipinski definition) is 1. The third-order valence-corrected chi connectivity index (χ3v) is 5.95. The Morgan fingerprint density at radius 2 is 1.72 bits per heavy atom. The monoisotopic (exact) mass is 463 g/mol. The highest BCUT2D eigenvalue weighted by molar-refractivity contribution is 7.88. The average Bonchev–Trinajstić information content (AvgIpc) is 2.71. The molecule has 0 aromatic heterocycles. The Hall–Kier alpha value is -3.04. The second kappa shape index (κ2) is 7.53. The largest absolute Gasteiger partial charge is 0.496 e. The number of halogens is 3. The van der Waals surface area contributed by atoms with Gasteiger partial charge in [-0.3, -0.25) is 0 Å². The highest BCUT2D eigenvalue weighted by Gasteiger charge is 2.47. The Morgan fingerprint density at radius 1 is 1.03 bits per heavy atom. The Morgan fingerprint density at radius 3 is 2.38 bits per heavy atom. The van der Waals surface area contributed by atoms with Crippen LogP contribution in [0, 0.1) is 6.92 Å². The second-order valence-corrected chi connectivity index (χ2v) is 9.32. The summed E-state index contributed by atoms with van der Waals surface area (Å²) in [6, 6.07) is 14.8. The van der Waals surface area contributed by atoms with Crippen molar-refractivity contribution < 1.29 is 31.1 Å². The Balaban J connectivity index is 2.11. The normalized spacial score (nSPS) is 17.8. The lowest BCUT2D eigenvalue weighted by molar-refractivity contribution is -0.137. The number of methoxy groups -OCH3 is 1. The first-order valence-electron chi connectivity index (χ1n) is 9.59. The number of hydrogen-bond acceptors (Lipinski definition) is 4. The molecule has 1 heterocycles. The molecule has 1 atom stereocenters. The lowest BCUT2D eigenvalue weighted by Gasteiger charge is -2.41. The van der Waals surface area contributed by atoms with Crippen molar-refractivity contribution in [2.45, 2.75) is 18.8 Å². The topological polar surface area (TPSA) is 64.6 Å². The molecule has 0 spiro atoms. The van der Waals surface area contributed by atoms with Crippen molar-refractivity contribution in [2.75, 3.05) is 13.4 Å². The molecule has 168 valence electrons. The molecular formula is C23H20F3NO4S. The molecule has 4 rings (SSSR count). The zero-order valence-corrected chi connectivity index (χ0v) is 18.3. The lowest BCUT2D eigenvalue weighted by Crippen LogP contribution is -2.52. The van der Waals surface area contributed by atoms with E-state index in [0.717, 1.165) is 18.4 Å². The van der Waals surface area contributed by atoms with E-state index >= 15 is 0 Å². The fourth-order valence-corrected chi connectivity index (χ4v) is 4.88. The molecule has 1 unspecified atom stereocenters. The van der Waals surface area contributed by atoms with Gasteiger partial charge in [0.25, 0.3) is 0 Å². The van der Waals surface area contributed by atoms with Gasteiger partial charge in [0, 0.05) is 11.1 Å². The van der Waals surface area contributed by atoms with E-state index in [1.807, 2.05) is 0 Å². The van der Waals surface area contributed by atoms with Crippen LogP contribution < -0.4 is 14.2 Å². The van der Waals surface area contributed by atoms with E-state index in [1.54, 1.807) is 43.3 Å². The van der Waals surface area contributed by atoms with Crippen molar-refractivity contribution in [3.63, 3.8) is 0 Å². The molecule has 0 fully saturated rings. The quantitative estimate of drug-likeness (QED) is 0.602. The molecule has 9 heteroatoms. The summed E-state index contributed by atoms with van der Waals surface area (Å²) in [4.78, 5) is 0. The maximum absolute atomic E-state index is 13.5. The van der Waals surface area contributed by atoms with Crippen LogP contribution in [0.25, 0.3) is 11.1 Å². The average molecular weight is 463 g/mol. The van der Waals surface area contributed by atoms with Gasteiger partial charge in [-0.05, 0) is 42.3 Å². The van der Waals surface area contributed by atoms with Gasteiger partial charge in [-0.1, -0.05) is 36.4 Å². The molecule has 0 bridgehead atoms. The molecule has 3 aromatic rings. The predicted molar refractivity (Wildman–Crippen MR) is 114 cm³/mol. The molecule has 0 amide bonds. The molecule has 32 heavy (non-hydrogen) atoms. The third kappa shape index (κ3) is 3.71. The summed E-state index contributed by atoms with van der Waals surface area (Å²) < 4.78 is 79.7. The Labute approximate surface area is 183 Å². The summed E-state index contributed by atoms with van der Waals surface area (Å²) in [5, 5.41) is 0. The van der Waals surface area contributed by atoms with Crippen molar-refractivity contribution in [1.29, 1.82) is 0 Å². The zero-order chi connectivity index (χ0) is 23.3. The summed E-state index contributed by atoms with van der Waals surface area (Å²) in [6.45, 7) is 1.74. The van der Waals surface area contributed by atoms with Crippen molar-refractivity contribution in [3.05, 3.63) is 82.9 Å². The van der Waals surface area contributed by atoms with Crippen LogP contribution in [0.2, 0.25) is 0 Å². The molecular weight excluding hydrogens is 443 g/mol. The Bertz CT molecular complexity index is 1300. The lowest BCUT2D eigenvalue weighted by atomic mass is 9.82. The number of sulfonamides is 1. The molecule has 0 saturated carbocycles. The van der Waals surface area contributed by atoms with Crippen LogP contribution in [0.4, 0.5) is 13.2 Å². The number of alkyl halides is 3. The fraction of sp³-hybridized carbons (Fsp3) is 0.217. The van der Waals surface area contributed by atoms with Crippen molar-refractivity contribution in [1.82, 2.24) is 4.72 Å². The van der Waals surface area contributed by atoms with E-state index in [4.69, 9.17) is 9.47 Å². The van der Waals surface area contributed by atoms with E-state index in [0.29, 0.717) is 28.0 Å². The van der Waals surface area contributed by atoms with Gasteiger partial charge in [-0.25, -0.2) is 8.42 Å². The number of ether oxygens (including phenoxy) is 2.